The first kappa shape index (κ1) is 18.0. The summed E-state index contributed by atoms with van der Waals surface area (Å²) in [6.07, 6.45) is 2.83. The molecule has 128 valence electrons. The fourth-order valence-electron chi connectivity index (χ4n) is 3.49. The van der Waals surface area contributed by atoms with Gasteiger partial charge in [0, 0.05) is 24.7 Å². The Hall–Kier alpha value is -1.39. The Kier molecular flexibility index (Phi) is 6.19. The monoisotopic (exact) mass is 318 g/mol. The summed E-state index contributed by atoms with van der Waals surface area (Å²) >= 11 is 0. The van der Waals surface area contributed by atoms with E-state index >= 15 is 0 Å². The first-order chi connectivity index (χ1) is 11.0. The second-order valence-electron chi connectivity index (χ2n) is 7.11. The van der Waals surface area contributed by atoms with Crippen molar-refractivity contribution in [3.63, 3.8) is 0 Å². The number of benzene rings is 1. The normalized spacial score (nSPS) is 22.0. The minimum atomic E-state index is -0.192. The van der Waals surface area contributed by atoms with E-state index in [9.17, 15) is 4.79 Å². The fraction of sp³-hybridized carbons (Fsp3) is 0.632. The van der Waals surface area contributed by atoms with Gasteiger partial charge in [-0.15, -0.1) is 0 Å². The van der Waals surface area contributed by atoms with Crippen molar-refractivity contribution in [2.45, 2.75) is 64.2 Å². The number of hydrogen-bond acceptors (Lipinski definition) is 4. The molecule has 0 bridgehead atoms. The third kappa shape index (κ3) is 4.79. The lowest BCUT2D eigenvalue weighted by molar-refractivity contribution is -0.143. The van der Waals surface area contributed by atoms with Crippen LogP contribution < -0.4 is 5.32 Å². The average molecular weight is 318 g/mol. The zero-order chi connectivity index (χ0) is 16.9. The molecule has 1 aromatic rings. The summed E-state index contributed by atoms with van der Waals surface area (Å²) in [5.74, 6) is -0.147. The number of carbonyl (C=O) groups excluding carboxylic acids is 1. The van der Waals surface area contributed by atoms with Gasteiger partial charge in [-0.25, -0.2) is 0 Å². The number of esters is 1. The average Bonchev–Trinajstić information content (AvgIpc) is 2.81. The van der Waals surface area contributed by atoms with Crippen molar-refractivity contribution < 1.29 is 9.53 Å². The van der Waals surface area contributed by atoms with Crippen LogP contribution >= 0.6 is 0 Å². The molecule has 0 saturated carbocycles. The highest BCUT2D eigenvalue weighted by Gasteiger charge is 2.39. The minimum absolute atomic E-state index is 0.125. The van der Waals surface area contributed by atoms with Gasteiger partial charge in [0.1, 0.15) is 6.04 Å². The third-order valence-electron chi connectivity index (χ3n) is 4.76. The molecule has 0 aliphatic carbocycles. The van der Waals surface area contributed by atoms with E-state index in [-0.39, 0.29) is 17.6 Å². The summed E-state index contributed by atoms with van der Waals surface area (Å²) < 4.78 is 4.93. The van der Waals surface area contributed by atoms with E-state index in [1.807, 2.05) is 0 Å². The van der Waals surface area contributed by atoms with Gasteiger partial charge in [-0.2, -0.15) is 0 Å². The Morgan fingerprint density at radius 1 is 1.39 bits per heavy atom. The Morgan fingerprint density at radius 3 is 2.70 bits per heavy atom. The maximum absolute atomic E-state index is 11.9. The van der Waals surface area contributed by atoms with Crippen molar-refractivity contribution in [2.24, 2.45) is 0 Å². The zero-order valence-electron chi connectivity index (χ0n) is 14.8. The quantitative estimate of drug-likeness (QED) is 0.785. The highest BCUT2D eigenvalue weighted by Crippen LogP contribution is 2.30. The minimum Gasteiger partial charge on any atom is -0.468 e. The lowest BCUT2D eigenvalue weighted by atomic mass is 9.99. The van der Waals surface area contributed by atoms with Crippen molar-refractivity contribution >= 4 is 5.97 Å². The van der Waals surface area contributed by atoms with E-state index in [0.717, 1.165) is 32.4 Å². The molecule has 23 heavy (non-hydrogen) atoms. The van der Waals surface area contributed by atoms with Gasteiger partial charge in [0.2, 0.25) is 0 Å². The SMILES string of the molecule is CCC[C@@H](N[C@H]1CN(Cc2ccccc2)C(C)(C)C1)C(=O)OC. The molecule has 1 saturated heterocycles. The zero-order valence-corrected chi connectivity index (χ0v) is 14.8. The largest absolute Gasteiger partial charge is 0.468 e. The maximum Gasteiger partial charge on any atom is 0.322 e. The van der Waals surface area contributed by atoms with E-state index in [0.29, 0.717) is 6.04 Å². The second-order valence-corrected chi connectivity index (χ2v) is 7.11. The van der Waals surface area contributed by atoms with Crippen molar-refractivity contribution in [3.05, 3.63) is 35.9 Å². The van der Waals surface area contributed by atoms with Crippen LogP contribution in [0.3, 0.4) is 0 Å². The van der Waals surface area contributed by atoms with E-state index in [4.69, 9.17) is 4.74 Å². The van der Waals surface area contributed by atoms with Crippen LogP contribution in [0.4, 0.5) is 0 Å². The molecule has 1 aromatic carbocycles. The summed E-state index contributed by atoms with van der Waals surface area (Å²) in [6, 6.07) is 10.7. The molecule has 4 nitrogen and oxygen atoms in total. The summed E-state index contributed by atoms with van der Waals surface area (Å²) in [6.45, 7) is 8.56. The summed E-state index contributed by atoms with van der Waals surface area (Å²) in [4.78, 5) is 14.4. The Bertz CT molecular complexity index is 501. The standard InChI is InChI=1S/C19H30N2O2/c1-5-9-17(18(22)23-4)20-16-12-19(2,3)21(14-16)13-15-10-7-6-8-11-15/h6-8,10-11,16-17,20H,5,9,12-14H2,1-4H3/t16-,17-/m1/s1. The number of hydrogen-bond donors (Lipinski definition) is 1. The highest BCUT2D eigenvalue weighted by atomic mass is 16.5. The summed E-state index contributed by atoms with van der Waals surface area (Å²) in [5, 5.41) is 3.52. The van der Waals surface area contributed by atoms with Crippen LogP contribution in [-0.4, -0.2) is 42.1 Å². The van der Waals surface area contributed by atoms with Crippen LogP contribution in [0.15, 0.2) is 30.3 Å². The van der Waals surface area contributed by atoms with Crippen LogP contribution in [0.1, 0.15) is 45.6 Å². The second kappa shape index (κ2) is 7.93. The van der Waals surface area contributed by atoms with Gasteiger partial charge in [0.25, 0.3) is 0 Å². The predicted molar refractivity (Wildman–Crippen MR) is 93.2 cm³/mol. The molecule has 2 rings (SSSR count). The molecular formula is C19H30N2O2. The first-order valence-electron chi connectivity index (χ1n) is 8.59. The molecule has 0 radical (unpaired) electrons. The Labute approximate surface area is 140 Å². The molecule has 2 atom stereocenters. The number of likely N-dealkylation sites (tertiary alicyclic amines) is 1. The van der Waals surface area contributed by atoms with Crippen LogP contribution in [0.5, 0.6) is 0 Å². The van der Waals surface area contributed by atoms with Crippen LogP contribution in [-0.2, 0) is 16.1 Å². The van der Waals surface area contributed by atoms with Crippen LogP contribution in [0, 0.1) is 0 Å². The third-order valence-corrected chi connectivity index (χ3v) is 4.76. The van der Waals surface area contributed by atoms with E-state index in [1.165, 1.54) is 12.7 Å². The number of nitrogens with zero attached hydrogens (tertiary/aromatic N) is 1. The predicted octanol–water partition coefficient (Wildman–Crippen LogP) is 2.97. The van der Waals surface area contributed by atoms with Gasteiger partial charge in [-0.3, -0.25) is 9.69 Å². The molecule has 1 aliphatic heterocycles. The molecule has 0 amide bonds. The van der Waals surface area contributed by atoms with Gasteiger partial charge < -0.3 is 10.1 Å². The molecule has 1 heterocycles. The molecular weight excluding hydrogens is 288 g/mol. The summed E-state index contributed by atoms with van der Waals surface area (Å²) in [7, 11) is 1.47. The lowest BCUT2D eigenvalue weighted by Crippen LogP contribution is -2.45. The van der Waals surface area contributed by atoms with Gasteiger partial charge >= 0.3 is 5.97 Å². The van der Waals surface area contributed by atoms with E-state index in [1.54, 1.807) is 0 Å². The molecule has 0 aromatic heterocycles. The molecule has 1 N–H and O–H groups in total. The maximum atomic E-state index is 11.9. The van der Waals surface area contributed by atoms with Gasteiger partial charge in [-0.1, -0.05) is 43.7 Å². The van der Waals surface area contributed by atoms with Crippen molar-refractivity contribution in [1.29, 1.82) is 0 Å². The van der Waals surface area contributed by atoms with Gasteiger partial charge in [0.15, 0.2) is 0 Å². The fourth-order valence-corrected chi connectivity index (χ4v) is 3.49. The number of carbonyl (C=O) groups is 1. The lowest BCUT2D eigenvalue weighted by Gasteiger charge is -2.31. The van der Waals surface area contributed by atoms with Crippen LogP contribution in [0.25, 0.3) is 0 Å². The van der Waals surface area contributed by atoms with Gasteiger partial charge in [-0.05, 0) is 32.3 Å². The molecule has 0 unspecified atom stereocenters. The highest BCUT2D eigenvalue weighted by molar-refractivity contribution is 5.75. The van der Waals surface area contributed by atoms with E-state index < -0.39 is 0 Å². The molecule has 0 spiro atoms. The van der Waals surface area contributed by atoms with Crippen molar-refractivity contribution in [3.8, 4) is 0 Å². The van der Waals surface area contributed by atoms with Crippen molar-refractivity contribution in [1.82, 2.24) is 10.2 Å². The molecule has 1 fully saturated rings. The number of ether oxygens (including phenoxy) is 1. The number of rotatable bonds is 7. The van der Waals surface area contributed by atoms with Crippen molar-refractivity contribution in [2.75, 3.05) is 13.7 Å². The van der Waals surface area contributed by atoms with Crippen LogP contribution in [0.2, 0.25) is 0 Å². The Balaban J connectivity index is 1.99. The Morgan fingerprint density at radius 2 is 2.09 bits per heavy atom. The topological polar surface area (TPSA) is 41.6 Å². The van der Waals surface area contributed by atoms with Gasteiger partial charge in [0.05, 0.1) is 7.11 Å². The molecule has 4 heteroatoms. The smallest absolute Gasteiger partial charge is 0.322 e. The van der Waals surface area contributed by atoms with E-state index in [2.05, 4.69) is 61.3 Å². The molecule has 1 aliphatic rings. The number of nitrogens with one attached hydrogen (secondary N) is 1. The summed E-state index contributed by atoms with van der Waals surface area (Å²) in [5.41, 5.74) is 1.46. The first-order valence-corrected chi connectivity index (χ1v) is 8.59. The number of methoxy groups -OCH3 is 1.